The van der Waals surface area contributed by atoms with Crippen LogP contribution in [0.25, 0.3) is 0 Å². The summed E-state index contributed by atoms with van der Waals surface area (Å²) in [5.41, 5.74) is 4.04. The van der Waals surface area contributed by atoms with E-state index in [9.17, 15) is 4.79 Å². The van der Waals surface area contributed by atoms with Crippen LogP contribution in [0.15, 0.2) is 24.3 Å². The fourth-order valence-electron chi connectivity index (χ4n) is 4.30. The van der Waals surface area contributed by atoms with Gasteiger partial charge in [0.05, 0.1) is 0 Å². The van der Waals surface area contributed by atoms with Crippen LogP contribution in [-0.4, -0.2) is 60.0 Å². The first kappa shape index (κ1) is 19.7. The molecule has 0 bridgehead atoms. The van der Waals surface area contributed by atoms with E-state index in [2.05, 4.69) is 33.8 Å². The van der Waals surface area contributed by atoms with Gasteiger partial charge in [-0.05, 0) is 51.7 Å². The molecule has 0 spiro atoms. The summed E-state index contributed by atoms with van der Waals surface area (Å²) < 4.78 is 0. The zero-order chi connectivity index (χ0) is 20.4. The van der Waals surface area contributed by atoms with E-state index in [-0.39, 0.29) is 5.91 Å². The number of hydrogen-bond donors (Lipinski definition) is 0. The molecule has 0 radical (unpaired) electrons. The van der Waals surface area contributed by atoms with Gasteiger partial charge in [-0.1, -0.05) is 17.7 Å². The molecule has 29 heavy (non-hydrogen) atoms. The van der Waals surface area contributed by atoms with Crippen molar-refractivity contribution in [1.29, 1.82) is 0 Å². The van der Waals surface area contributed by atoms with Gasteiger partial charge >= 0.3 is 0 Å². The summed E-state index contributed by atoms with van der Waals surface area (Å²) in [6.45, 7) is 11.2. The van der Waals surface area contributed by atoms with E-state index >= 15 is 0 Å². The molecule has 6 nitrogen and oxygen atoms in total. The lowest BCUT2D eigenvalue weighted by molar-refractivity contribution is 0.0745. The minimum atomic E-state index is 0.126. The third-order valence-corrected chi connectivity index (χ3v) is 5.97. The number of rotatable bonds is 3. The summed E-state index contributed by atoms with van der Waals surface area (Å²) in [5.74, 6) is 1.96. The maximum Gasteiger partial charge on any atom is 0.254 e. The molecule has 2 aliphatic heterocycles. The summed E-state index contributed by atoms with van der Waals surface area (Å²) in [4.78, 5) is 29.1. The monoisotopic (exact) mass is 393 g/mol. The van der Waals surface area contributed by atoms with Crippen LogP contribution in [0.5, 0.6) is 0 Å². The molecule has 6 heteroatoms. The molecular formula is C23H31N5O. The van der Waals surface area contributed by atoms with E-state index in [4.69, 9.17) is 4.98 Å². The summed E-state index contributed by atoms with van der Waals surface area (Å²) >= 11 is 0. The van der Waals surface area contributed by atoms with Crippen molar-refractivity contribution in [3.63, 3.8) is 0 Å². The van der Waals surface area contributed by atoms with Crippen LogP contribution in [0.3, 0.4) is 0 Å². The van der Waals surface area contributed by atoms with Gasteiger partial charge in [0.1, 0.15) is 5.82 Å². The summed E-state index contributed by atoms with van der Waals surface area (Å²) in [6, 6.07) is 8.13. The number of aryl methyl sites for hydroxylation is 3. The summed E-state index contributed by atoms with van der Waals surface area (Å²) in [7, 11) is 0. The van der Waals surface area contributed by atoms with Gasteiger partial charge in [0.15, 0.2) is 0 Å². The van der Waals surface area contributed by atoms with Crippen molar-refractivity contribution in [3.05, 3.63) is 46.6 Å². The number of benzene rings is 1. The average molecular weight is 394 g/mol. The highest BCUT2D eigenvalue weighted by atomic mass is 16.2. The Balaban J connectivity index is 1.44. The molecule has 154 valence electrons. The zero-order valence-corrected chi connectivity index (χ0v) is 17.8. The van der Waals surface area contributed by atoms with E-state index in [1.54, 1.807) is 0 Å². The number of carbonyl (C=O) groups is 1. The number of piperazine rings is 1. The van der Waals surface area contributed by atoms with Crippen LogP contribution in [0.2, 0.25) is 0 Å². The Labute approximate surface area is 173 Å². The van der Waals surface area contributed by atoms with Crippen molar-refractivity contribution in [3.8, 4) is 0 Å². The van der Waals surface area contributed by atoms with E-state index in [1.807, 2.05) is 30.9 Å². The lowest BCUT2D eigenvalue weighted by Gasteiger charge is -2.36. The van der Waals surface area contributed by atoms with Gasteiger partial charge in [-0.25, -0.2) is 4.98 Å². The molecule has 2 aromatic rings. The standard InChI is InChI=1S/C23H31N5O/c1-17-7-8-20(18(2)15-17)22(29)27-11-13-28(14-12-27)23-24-19(3)16-21(25-23)26-9-5-4-6-10-26/h7-8,15-16H,4-6,9-14H2,1-3H3. The molecule has 4 rings (SSSR count). The molecule has 1 aromatic heterocycles. The van der Waals surface area contributed by atoms with E-state index < -0.39 is 0 Å². The lowest BCUT2D eigenvalue weighted by atomic mass is 10.0. The number of anilines is 2. The topological polar surface area (TPSA) is 52.6 Å². The third-order valence-electron chi connectivity index (χ3n) is 5.97. The van der Waals surface area contributed by atoms with Crippen LogP contribution in [0.1, 0.15) is 46.4 Å². The van der Waals surface area contributed by atoms with Crippen molar-refractivity contribution in [2.45, 2.75) is 40.0 Å². The summed E-state index contributed by atoms with van der Waals surface area (Å²) in [6.07, 6.45) is 3.78. The van der Waals surface area contributed by atoms with Crippen molar-refractivity contribution >= 4 is 17.7 Å². The normalized spacial score (nSPS) is 17.6. The first-order valence-corrected chi connectivity index (χ1v) is 10.7. The Morgan fingerprint density at radius 1 is 0.828 bits per heavy atom. The van der Waals surface area contributed by atoms with Crippen LogP contribution >= 0.6 is 0 Å². The molecule has 1 aromatic carbocycles. The second-order valence-electron chi connectivity index (χ2n) is 8.31. The van der Waals surface area contributed by atoms with E-state index in [1.165, 1.54) is 24.8 Å². The van der Waals surface area contributed by atoms with Crippen LogP contribution in [-0.2, 0) is 0 Å². The highest BCUT2D eigenvalue weighted by Gasteiger charge is 2.25. The molecule has 2 aliphatic rings. The van der Waals surface area contributed by atoms with Gasteiger partial charge in [0.2, 0.25) is 5.95 Å². The maximum absolute atomic E-state index is 13.0. The zero-order valence-electron chi connectivity index (χ0n) is 17.8. The SMILES string of the molecule is Cc1ccc(C(=O)N2CCN(c3nc(C)cc(N4CCCCC4)n3)CC2)c(C)c1. The maximum atomic E-state index is 13.0. The van der Waals surface area contributed by atoms with Gasteiger partial charge in [0, 0.05) is 56.6 Å². The van der Waals surface area contributed by atoms with E-state index in [0.29, 0.717) is 13.1 Å². The Hall–Kier alpha value is -2.63. The number of nitrogens with zero attached hydrogens (tertiary/aromatic N) is 5. The van der Waals surface area contributed by atoms with Gasteiger partial charge in [-0.3, -0.25) is 4.79 Å². The van der Waals surface area contributed by atoms with Gasteiger partial charge < -0.3 is 14.7 Å². The minimum absolute atomic E-state index is 0.126. The Morgan fingerprint density at radius 2 is 1.55 bits per heavy atom. The molecule has 2 fully saturated rings. The van der Waals surface area contributed by atoms with Crippen molar-refractivity contribution in [1.82, 2.24) is 14.9 Å². The quantitative estimate of drug-likeness (QED) is 0.800. The highest BCUT2D eigenvalue weighted by Crippen LogP contribution is 2.22. The number of hydrogen-bond acceptors (Lipinski definition) is 5. The molecule has 0 N–H and O–H groups in total. The predicted molar refractivity (Wildman–Crippen MR) is 117 cm³/mol. The largest absolute Gasteiger partial charge is 0.356 e. The van der Waals surface area contributed by atoms with Crippen molar-refractivity contribution in [2.24, 2.45) is 0 Å². The number of piperidine rings is 1. The molecule has 3 heterocycles. The predicted octanol–water partition coefficient (Wildman–Crippen LogP) is 3.35. The Kier molecular flexibility index (Phi) is 5.69. The first-order valence-electron chi connectivity index (χ1n) is 10.7. The number of carbonyl (C=O) groups excluding carboxylic acids is 1. The van der Waals surface area contributed by atoms with Crippen LogP contribution in [0, 0.1) is 20.8 Å². The first-order chi connectivity index (χ1) is 14.0. The average Bonchev–Trinajstić information content (AvgIpc) is 2.74. The molecule has 0 saturated carbocycles. The summed E-state index contributed by atoms with van der Waals surface area (Å²) in [5, 5.41) is 0. The Morgan fingerprint density at radius 3 is 2.24 bits per heavy atom. The van der Waals surface area contributed by atoms with Crippen LogP contribution in [0.4, 0.5) is 11.8 Å². The van der Waals surface area contributed by atoms with Gasteiger partial charge in [0.25, 0.3) is 5.91 Å². The molecule has 2 saturated heterocycles. The highest BCUT2D eigenvalue weighted by molar-refractivity contribution is 5.95. The van der Waals surface area contributed by atoms with Crippen LogP contribution < -0.4 is 9.80 Å². The number of amides is 1. The van der Waals surface area contributed by atoms with Gasteiger partial charge in [-0.2, -0.15) is 4.98 Å². The second-order valence-corrected chi connectivity index (χ2v) is 8.31. The molecule has 0 atom stereocenters. The van der Waals surface area contributed by atoms with Crippen molar-refractivity contribution in [2.75, 3.05) is 49.1 Å². The minimum Gasteiger partial charge on any atom is -0.356 e. The molecule has 1 amide bonds. The lowest BCUT2D eigenvalue weighted by Crippen LogP contribution is -2.49. The molecule has 0 aliphatic carbocycles. The second kappa shape index (κ2) is 8.39. The molecule has 0 unspecified atom stereocenters. The fourth-order valence-corrected chi connectivity index (χ4v) is 4.30. The van der Waals surface area contributed by atoms with E-state index in [0.717, 1.165) is 54.8 Å². The third kappa shape index (κ3) is 4.36. The number of aromatic nitrogens is 2. The molecular weight excluding hydrogens is 362 g/mol. The fraction of sp³-hybridized carbons (Fsp3) is 0.522. The van der Waals surface area contributed by atoms with Crippen molar-refractivity contribution < 1.29 is 4.79 Å². The van der Waals surface area contributed by atoms with Gasteiger partial charge in [-0.15, -0.1) is 0 Å². The smallest absolute Gasteiger partial charge is 0.254 e. The Bertz CT molecular complexity index is 883.